The summed E-state index contributed by atoms with van der Waals surface area (Å²) in [6.45, 7) is 4.69. The second kappa shape index (κ2) is 3.47. The molecule has 0 unspecified atom stereocenters. The van der Waals surface area contributed by atoms with Crippen molar-refractivity contribution in [3.8, 4) is 0 Å². The first-order valence-corrected chi connectivity index (χ1v) is 5.09. The highest BCUT2D eigenvalue weighted by atomic mass is 32.2. The average molecular weight is 156 g/mol. The van der Waals surface area contributed by atoms with Crippen molar-refractivity contribution < 1.29 is 0 Å². The molecule has 0 saturated carbocycles. The van der Waals surface area contributed by atoms with E-state index in [1.54, 1.807) is 0 Å². The van der Waals surface area contributed by atoms with Gasteiger partial charge in [-0.15, -0.1) is 0 Å². The van der Waals surface area contributed by atoms with Crippen molar-refractivity contribution in [3.63, 3.8) is 0 Å². The molecular formula is C9H16S. The molecule has 0 spiro atoms. The molecule has 58 valence electrons. The first-order valence-electron chi connectivity index (χ1n) is 3.93. The van der Waals surface area contributed by atoms with Gasteiger partial charge in [-0.3, -0.25) is 0 Å². The summed E-state index contributed by atoms with van der Waals surface area (Å²) >= 11 is 2.08. The summed E-state index contributed by atoms with van der Waals surface area (Å²) in [6.07, 6.45) is 7.16. The second-order valence-corrected chi connectivity index (χ2v) is 4.79. The maximum Gasteiger partial charge on any atom is -0.00130 e. The zero-order chi connectivity index (χ0) is 7.45. The van der Waals surface area contributed by atoms with Crippen molar-refractivity contribution >= 4 is 11.8 Å². The van der Waals surface area contributed by atoms with Crippen LogP contribution in [0.4, 0.5) is 0 Å². The van der Waals surface area contributed by atoms with Gasteiger partial charge < -0.3 is 0 Å². The fourth-order valence-corrected chi connectivity index (χ4v) is 2.20. The third-order valence-corrected chi connectivity index (χ3v) is 3.27. The van der Waals surface area contributed by atoms with E-state index in [4.69, 9.17) is 0 Å². The zero-order valence-corrected chi connectivity index (χ0v) is 7.71. The third-order valence-electron chi connectivity index (χ3n) is 1.76. The molecule has 0 aromatic rings. The summed E-state index contributed by atoms with van der Waals surface area (Å²) in [5, 5.41) is 0. The van der Waals surface area contributed by atoms with Crippen molar-refractivity contribution in [1.82, 2.24) is 0 Å². The smallest absolute Gasteiger partial charge is 0.00130 e. The highest BCUT2D eigenvalue weighted by molar-refractivity contribution is 7.99. The molecule has 1 heteroatoms. The van der Waals surface area contributed by atoms with Crippen LogP contribution >= 0.6 is 11.8 Å². The highest BCUT2D eigenvalue weighted by Crippen LogP contribution is 2.28. The summed E-state index contributed by atoms with van der Waals surface area (Å²) in [4.78, 5) is 0. The van der Waals surface area contributed by atoms with Gasteiger partial charge in [0.2, 0.25) is 0 Å². The maximum absolute atomic E-state index is 2.34. The summed E-state index contributed by atoms with van der Waals surface area (Å²) < 4.78 is 0. The van der Waals surface area contributed by atoms with E-state index >= 15 is 0 Å². The highest BCUT2D eigenvalue weighted by Gasteiger charge is 2.16. The van der Waals surface area contributed by atoms with Gasteiger partial charge >= 0.3 is 0 Å². The molecule has 1 heterocycles. The van der Waals surface area contributed by atoms with Gasteiger partial charge in [-0.05, 0) is 29.8 Å². The minimum Gasteiger partial charge on any atom is -0.161 e. The van der Waals surface area contributed by atoms with E-state index in [1.165, 1.54) is 24.3 Å². The van der Waals surface area contributed by atoms with Crippen LogP contribution in [-0.2, 0) is 0 Å². The van der Waals surface area contributed by atoms with Crippen molar-refractivity contribution in [2.24, 2.45) is 5.41 Å². The fraction of sp³-hybridized carbons (Fsp3) is 0.778. The minimum absolute atomic E-state index is 0.529. The topological polar surface area (TPSA) is 0 Å². The van der Waals surface area contributed by atoms with Crippen LogP contribution in [0, 0.1) is 5.41 Å². The number of hydrogen-bond acceptors (Lipinski definition) is 1. The van der Waals surface area contributed by atoms with Gasteiger partial charge in [0.05, 0.1) is 0 Å². The van der Waals surface area contributed by atoms with Crippen LogP contribution < -0.4 is 0 Å². The molecule has 0 amide bonds. The van der Waals surface area contributed by atoms with Gasteiger partial charge in [-0.25, -0.2) is 0 Å². The van der Waals surface area contributed by atoms with E-state index in [-0.39, 0.29) is 0 Å². The molecule has 0 aromatic carbocycles. The molecule has 0 nitrogen and oxygen atoms in total. The Morgan fingerprint density at radius 3 is 2.90 bits per heavy atom. The van der Waals surface area contributed by atoms with E-state index in [0.717, 1.165) is 0 Å². The molecule has 0 aliphatic carbocycles. The molecular weight excluding hydrogens is 140 g/mol. The van der Waals surface area contributed by atoms with Gasteiger partial charge in [0.25, 0.3) is 0 Å². The molecule has 0 atom stereocenters. The Bertz CT molecular complexity index is 125. The lowest BCUT2D eigenvalue weighted by Gasteiger charge is -2.23. The molecule has 0 radical (unpaired) electrons. The Labute approximate surface area is 68.1 Å². The van der Waals surface area contributed by atoms with Crippen LogP contribution in [0.5, 0.6) is 0 Å². The molecule has 1 aliphatic rings. The molecule has 0 fully saturated rings. The Morgan fingerprint density at radius 1 is 1.30 bits per heavy atom. The lowest BCUT2D eigenvalue weighted by molar-refractivity contribution is 0.430. The largest absolute Gasteiger partial charge is 0.161 e. The van der Waals surface area contributed by atoms with Gasteiger partial charge in [0, 0.05) is 0 Å². The zero-order valence-electron chi connectivity index (χ0n) is 6.89. The summed E-state index contributed by atoms with van der Waals surface area (Å²) in [7, 11) is 0. The van der Waals surface area contributed by atoms with Gasteiger partial charge in [-0.2, -0.15) is 11.8 Å². The standard InChI is InChI=1S/C9H16S/c1-9(2)6-4-3-5-7-10-8-9/h3-4H,5-8H2,1-2H3/b4-3-. The Kier molecular flexibility index (Phi) is 2.84. The molecule has 1 rings (SSSR count). The van der Waals surface area contributed by atoms with Crippen molar-refractivity contribution in [3.05, 3.63) is 12.2 Å². The molecule has 0 N–H and O–H groups in total. The summed E-state index contributed by atoms with van der Waals surface area (Å²) in [5.41, 5.74) is 0.529. The molecule has 10 heavy (non-hydrogen) atoms. The summed E-state index contributed by atoms with van der Waals surface area (Å²) in [5.74, 6) is 2.62. The van der Waals surface area contributed by atoms with Crippen LogP contribution in [0.3, 0.4) is 0 Å². The quantitative estimate of drug-likeness (QED) is 0.486. The Hall–Kier alpha value is 0.0900. The van der Waals surface area contributed by atoms with E-state index in [2.05, 4.69) is 37.8 Å². The number of hydrogen-bond donors (Lipinski definition) is 0. The van der Waals surface area contributed by atoms with Crippen LogP contribution in [0.1, 0.15) is 26.7 Å². The number of rotatable bonds is 0. The van der Waals surface area contributed by atoms with Crippen molar-refractivity contribution in [2.75, 3.05) is 11.5 Å². The van der Waals surface area contributed by atoms with Crippen LogP contribution in [0.25, 0.3) is 0 Å². The van der Waals surface area contributed by atoms with Crippen molar-refractivity contribution in [2.45, 2.75) is 26.7 Å². The molecule has 0 aromatic heterocycles. The predicted octanol–water partition coefficient (Wildman–Crippen LogP) is 3.10. The van der Waals surface area contributed by atoms with Gasteiger partial charge in [-0.1, -0.05) is 26.0 Å². The average Bonchev–Trinajstić information content (AvgIpc) is 1.81. The van der Waals surface area contributed by atoms with Crippen LogP contribution in [0.2, 0.25) is 0 Å². The molecule has 0 saturated heterocycles. The van der Waals surface area contributed by atoms with E-state index < -0.39 is 0 Å². The first kappa shape index (κ1) is 8.19. The SMILES string of the molecule is CC1(C)C/C=C\CCSC1. The lowest BCUT2D eigenvalue weighted by Crippen LogP contribution is -2.14. The predicted molar refractivity (Wildman–Crippen MR) is 49.5 cm³/mol. The van der Waals surface area contributed by atoms with Crippen molar-refractivity contribution in [1.29, 1.82) is 0 Å². The number of thioether (sulfide) groups is 1. The van der Waals surface area contributed by atoms with E-state index in [9.17, 15) is 0 Å². The second-order valence-electron chi connectivity index (χ2n) is 3.68. The van der Waals surface area contributed by atoms with E-state index in [0.29, 0.717) is 5.41 Å². The van der Waals surface area contributed by atoms with E-state index in [1.807, 2.05) is 0 Å². The third kappa shape index (κ3) is 2.78. The monoisotopic (exact) mass is 156 g/mol. The Morgan fingerprint density at radius 2 is 2.10 bits per heavy atom. The van der Waals surface area contributed by atoms with Gasteiger partial charge in [0.1, 0.15) is 0 Å². The minimum atomic E-state index is 0.529. The van der Waals surface area contributed by atoms with Crippen LogP contribution in [0.15, 0.2) is 12.2 Å². The fourth-order valence-electron chi connectivity index (χ4n) is 1.08. The normalized spacial score (nSPS) is 28.6. The first-order chi connectivity index (χ1) is 4.71. The Balaban J connectivity index is 2.45. The summed E-state index contributed by atoms with van der Waals surface area (Å²) in [6, 6.07) is 0. The van der Waals surface area contributed by atoms with Gasteiger partial charge in [0.15, 0.2) is 0 Å². The molecule has 1 aliphatic heterocycles. The lowest BCUT2D eigenvalue weighted by atomic mass is 9.91. The maximum atomic E-state index is 2.34. The van der Waals surface area contributed by atoms with Crippen LogP contribution in [-0.4, -0.2) is 11.5 Å². The number of allylic oxidation sites excluding steroid dienone is 2. The molecule has 0 bridgehead atoms.